The minimum absolute atomic E-state index is 0.179. The van der Waals surface area contributed by atoms with E-state index >= 15 is 0 Å². The number of nitrogens with zero attached hydrogens (tertiary/aromatic N) is 5. The Morgan fingerprint density at radius 1 is 1.18 bits per heavy atom. The fourth-order valence-electron chi connectivity index (χ4n) is 5.33. The van der Waals surface area contributed by atoms with E-state index < -0.39 is 0 Å². The van der Waals surface area contributed by atoms with Crippen LogP contribution in [0.25, 0.3) is 11.5 Å². The van der Waals surface area contributed by atoms with E-state index in [0.29, 0.717) is 23.5 Å². The summed E-state index contributed by atoms with van der Waals surface area (Å²) in [5.41, 5.74) is 0.427. The highest BCUT2D eigenvalue weighted by Gasteiger charge is 2.42. The van der Waals surface area contributed by atoms with Crippen LogP contribution in [0.1, 0.15) is 45.4 Å². The number of aromatic amines is 1. The normalized spacial score (nSPS) is 30.0. The lowest BCUT2D eigenvalue weighted by Crippen LogP contribution is -2.37. The van der Waals surface area contributed by atoms with Gasteiger partial charge < -0.3 is 9.64 Å². The molecule has 2 aliphatic heterocycles. The van der Waals surface area contributed by atoms with Gasteiger partial charge in [0.1, 0.15) is 5.69 Å². The largest absolute Gasteiger partial charge is 0.376 e. The Bertz CT molecular complexity index is 867. The second kappa shape index (κ2) is 7.31. The Kier molecular flexibility index (Phi) is 4.66. The standard InChI is InChI=1S/C20H28N6O2/c1-13-11-25(17-7-3-2-6-15(13)17)20-24-23-19(16-8-9-18(27)22-21-16)26(20)12-14-5-4-10-28-14/h8-9,13-15,17H,2-7,10-12H2,1H3,(H,22,27). The van der Waals surface area contributed by atoms with E-state index in [1.165, 1.54) is 31.7 Å². The molecule has 5 rings (SSSR count). The molecule has 2 saturated heterocycles. The molecule has 4 unspecified atom stereocenters. The quantitative estimate of drug-likeness (QED) is 0.869. The van der Waals surface area contributed by atoms with E-state index in [2.05, 4.69) is 36.8 Å². The van der Waals surface area contributed by atoms with Gasteiger partial charge in [0.25, 0.3) is 5.56 Å². The van der Waals surface area contributed by atoms with E-state index in [1.54, 1.807) is 6.07 Å². The van der Waals surface area contributed by atoms with Gasteiger partial charge in [-0.25, -0.2) is 5.10 Å². The molecule has 3 fully saturated rings. The minimum atomic E-state index is -0.215. The summed E-state index contributed by atoms with van der Waals surface area (Å²) < 4.78 is 8.08. The number of rotatable bonds is 4. The monoisotopic (exact) mass is 384 g/mol. The lowest BCUT2D eigenvalue weighted by Gasteiger charge is -2.33. The van der Waals surface area contributed by atoms with Gasteiger partial charge in [0.05, 0.1) is 12.6 Å². The van der Waals surface area contributed by atoms with Crippen LogP contribution >= 0.6 is 0 Å². The minimum Gasteiger partial charge on any atom is -0.376 e. The Balaban J connectivity index is 1.53. The molecule has 3 aliphatic rings. The molecule has 8 nitrogen and oxygen atoms in total. The number of aromatic nitrogens is 5. The molecule has 1 N–H and O–H groups in total. The van der Waals surface area contributed by atoms with Crippen molar-refractivity contribution in [1.82, 2.24) is 25.0 Å². The average molecular weight is 384 g/mol. The van der Waals surface area contributed by atoms with Gasteiger partial charge in [-0.05, 0) is 43.6 Å². The van der Waals surface area contributed by atoms with Crippen LogP contribution in [0.2, 0.25) is 0 Å². The molecule has 2 aromatic heterocycles. The molecule has 0 spiro atoms. The molecule has 0 amide bonds. The summed E-state index contributed by atoms with van der Waals surface area (Å²) in [6, 6.07) is 3.75. The number of H-pyrrole nitrogens is 1. The van der Waals surface area contributed by atoms with Gasteiger partial charge in [0, 0.05) is 25.3 Å². The molecule has 4 heterocycles. The summed E-state index contributed by atoms with van der Waals surface area (Å²) in [5, 5.41) is 15.8. The van der Waals surface area contributed by atoms with Crippen LogP contribution in [0.15, 0.2) is 16.9 Å². The fourth-order valence-corrected chi connectivity index (χ4v) is 5.33. The van der Waals surface area contributed by atoms with Crippen molar-refractivity contribution in [2.75, 3.05) is 18.1 Å². The summed E-state index contributed by atoms with van der Waals surface area (Å²) in [5.74, 6) is 3.05. The van der Waals surface area contributed by atoms with Gasteiger partial charge >= 0.3 is 0 Å². The van der Waals surface area contributed by atoms with Crippen LogP contribution in [0.5, 0.6) is 0 Å². The van der Waals surface area contributed by atoms with E-state index in [9.17, 15) is 4.79 Å². The second-order valence-electron chi connectivity index (χ2n) is 8.52. The second-order valence-corrected chi connectivity index (χ2v) is 8.52. The third kappa shape index (κ3) is 3.13. The van der Waals surface area contributed by atoms with Crippen LogP contribution in [0.3, 0.4) is 0 Å². The van der Waals surface area contributed by atoms with E-state index in [0.717, 1.165) is 44.4 Å². The Labute approximate surface area is 164 Å². The highest BCUT2D eigenvalue weighted by molar-refractivity contribution is 5.53. The Morgan fingerprint density at radius 3 is 2.86 bits per heavy atom. The topological polar surface area (TPSA) is 88.9 Å². The first kappa shape index (κ1) is 17.8. The van der Waals surface area contributed by atoms with E-state index in [4.69, 9.17) is 4.74 Å². The fraction of sp³-hybridized carbons (Fsp3) is 0.700. The molecule has 8 heteroatoms. The summed E-state index contributed by atoms with van der Waals surface area (Å²) in [4.78, 5) is 13.9. The molecule has 0 aromatic carbocycles. The average Bonchev–Trinajstić information content (AvgIpc) is 3.43. The first-order valence-corrected chi connectivity index (χ1v) is 10.6. The van der Waals surface area contributed by atoms with Crippen LogP contribution in [-0.2, 0) is 11.3 Å². The van der Waals surface area contributed by atoms with Crippen LogP contribution < -0.4 is 10.5 Å². The molecule has 1 aliphatic carbocycles. The summed E-state index contributed by atoms with van der Waals surface area (Å²) in [6.45, 7) is 4.94. The van der Waals surface area contributed by atoms with Crippen molar-refractivity contribution < 1.29 is 4.74 Å². The van der Waals surface area contributed by atoms with Crippen molar-refractivity contribution >= 4 is 5.95 Å². The van der Waals surface area contributed by atoms with Crippen molar-refractivity contribution in [3.63, 3.8) is 0 Å². The van der Waals surface area contributed by atoms with Gasteiger partial charge in [-0.15, -0.1) is 10.2 Å². The van der Waals surface area contributed by atoms with Crippen LogP contribution in [-0.4, -0.2) is 50.3 Å². The molecule has 1 saturated carbocycles. The Hall–Kier alpha value is -2.22. The van der Waals surface area contributed by atoms with Crippen LogP contribution in [0, 0.1) is 11.8 Å². The van der Waals surface area contributed by atoms with Crippen molar-refractivity contribution in [3.05, 3.63) is 22.5 Å². The highest BCUT2D eigenvalue weighted by atomic mass is 16.5. The number of anilines is 1. The van der Waals surface area contributed by atoms with E-state index in [1.807, 2.05) is 0 Å². The zero-order valence-corrected chi connectivity index (χ0v) is 16.4. The van der Waals surface area contributed by atoms with Crippen molar-refractivity contribution in [2.45, 2.75) is 64.1 Å². The molecular weight excluding hydrogens is 356 g/mol. The van der Waals surface area contributed by atoms with Gasteiger partial charge in [0.15, 0.2) is 5.82 Å². The highest BCUT2D eigenvalue weighted by Crippen LogP contribution is 2.42. The zero-order valence-electron chi connectivity index (χ0n) is 16.4. The van der Waals surface area contributed by atoms with Crippen molar-refractivity contribution in [2.24, 2.45) is 11.8 Å². The van der Waals surface area contributed by atoms with Gasteiger partial charge in [-0.3, -0.25) is 9.36 Å². The van der Waals surface area contributed by atoms with Gasteiger partial charge in [0.2, 0.25) is 5.95 Å². The molecule has 4 atom stereocenters. The maximum absolute atomic E-state index is 11.4. The molecule has 150 valence electrons. The number of fused-ring (bicyclic) bond motifs is 1. The summed E-state index contributed by atoms with van der Waals surface area (Å²) in [7, 11) is 0. The molecule has 2 aromatic rings. The third-order valence-corrected chi connectivity index (χ3v) is 6.70. The number of hydrogen-bond acceptors (Lipinski definition) is 6. The van der Waals surface area contributed by atoms with Gasteiger partial charge in [-0.2, -0.15) is 5.10 Å². The third-order valence-electron chi connectivity index (χ3n) is 6.70. The van der Waals surface area contributed by atoms with Crippen molar-refractivity contribution in [3.8, 4) is 11.5 Å². The van der Waals surface area contributed by atoms with E-state index in [-0.39, 0.29) is 11.7 Å². The first-order valence-electron chi connectivity index (χ1n) is 10.6. The predicted molar refractivity (Wildman–Crippen MR) is 105 cm³/mol. The predicted octanol–water partition coefficient (Wildman–Crippen LogP) is 2.22. The number of hydrogen-bond donors (Lipinski definition) is 1. The molecular formula is C20H28N6O2. The van der Waals surface area contributed by atoms with Crippen LogP contribution in [0.4, 0.5) is 5.95 Å². The lowest BCUT2D eigenvalue weighted by molar-refractivity contribution is 0.0974. The summed E-state index contributed by atoms with van der Waals surface area (Å²) >= 11 is 0. The molecule has 0 bridgehead atoms. The SMILES string of the molecule is CC1CN(c2nnc(-c3ccc(=O)[nH]n3)n2CC2CCCO2)C2CCCCC12. The lowest BCUT2D eigenvalue weighted by atomic mass is 9.80. The number of nitrogens with one attached hydrogen (secondary N) is 1. The zero-order chi connectivity index (χ0) is 19.1. The molecule has 0 radical (unpaired) electrons. The number of ether oxygens (including phenoxy) is 1. The first-order chi connectivity index (χ1) is 13.7. The summed E-state index contributed by atoms with van der Waals surface area (Å²) in [6.07, 6.45) is 7.51. The van der Waals surface area contributed by atoms with Gasteiger partial charge in [-0.1, -0.05) is 19.8 Å². The smallest absolute Gasteiger partial charge is 0.264 e. The van der Waals surface area contributed by atoms with Crippen molar-refractivity contribution in [1.29, 1.82) is 0 Å². The molecule has 28 heavy (non-hydrogen) atoms. The maximum Gasteiger partial charge on any atom is 0.264 e. The maximum atomic E-state index is 11.4. The Morgan fingerprint density at radius 2 is 2.07 bits per heavy atom.